The number of fused-ring (bicyclic) bond motifs is 4. The number of hydrogen-bond acceptors (Lipinski definition) is 1. The van der Waals surface area contributed by atoms with E-state index in [1.165, 1.54) is 121 Å². The van der Waals surface area contributed by atoms with Crippen LogP contribution in [0.5, 0.6) is 0 Å². The van der Waals surface area contributed by atoms with Crippen LogP contribution < -0.4 is 4.90 Å². The van der Waals surface area contributed by atoms with E-state index in [0.717, 1.165) is 0 Å². The van der Waals surface area contributed by atoms with Crippen molar-refractivity contribution in [3.63, 3.8) is 0 Å². The van der Waals surface area contributed by atoms with E-state index < -0.39 is 0 Å². The predicted molar refractivity (Wildman–Crippen MR) is 237 cm³/mol. The highest BCUT2D eigenvalue weighted by Gasteiger charge is 2.44. The lowest BCUT2D eigenvalue weighted by molar-refractivity contribution is 0.225. The minimum atomic E-state index is 0.0577. The second-order valence-electron chi connectivity index (χ2n) is 16.8. The second-order valence-corrected chi connectivity index (χ2v) is 16.8. The SMILES string of the molecule is C=CC=C.CC.CCCCCCC1(CCCCC)c2cc(N(C)c3cccc(-c4ccc5c(c4)CC5)c3)ccc2-c2ccc(C(C)(C)C(C)(C)C)cc21. The standard InChI is InChI=1S/C46H59N.C4H6.C2H6/c1-9-11-13-15-28-46(27-14-12-10-2)42-31-37(45(6,7)44(3,4)5)23-25-40(42)41-26-24-39(32-43(41)46)47(8)38-18-16-17-34(30-38)36-22-20-33-19-21-35(33)29-36;1-3-4-2;1-2/h16-18,20,22-26,29-32H,9-15,19,21,27-28H2,1-8H3;3-4H,1-2H2;1-2H3. The quantitative estimate of drug-likeness (QED) is 0.0930. The molecule has 0 aliphatic heterocycles. The number of aryl methyl sites for hydroxylation is 2. The average Bonchev–Trinajstić information content (AvgIpc) is 3.42. The molecule has 0 aromatic heterocycles. The van der Waals surface area contributed by atoms with Crippen LogP contribution >= 0.6 is 0 Å². The molecule has 0 heterocycles. The highest BCUT2D eigenvalue weighted by atomic mass is 15.1. The fourth-order valence-corrected chi connectivity index (χ4v) is 8.13. The zero-order valence-electron chi connectivity index (χ0n) is 35.3. The van der Waals surface area contributed by atoms with E-state index in [-0.39, 0.29) is 16.2 Å². The summed E-state index contributed by atoms with van der Waals surface area (Å²) in [4.78, 5) is 2.41. The summed E-state index contributed by atoms with van der Waals surface area (Å²) >= 11 is 0. The number of hydrogen-bond donors (Lipinski definition) is 0. The van der Waals surface area contributed by atoms with E-state index in [4.69, 9.17) is 0 Å². The molecule has 0 spiro atoms. The number of rotatable bonds is 14. The van der Waals surface area contributed by atoms with Gasteiger partial charge >= 0.3 is 0 Å². The molecule has 2 aliphatic carbocycles. The second kappa shape index (κ2) is 18.5. The van der Waals surface area contributed by atoms with Gasteiger partial charge in [0.25, 0.3) is 0 Å². The van der Waals surface area contributed by atoms with Gasteiger partial charge in [-0.05, 0) is 111 Å². The first kappa shape index (κ1) is 41.9. The fourth-order valence-electron chi connectivity index (χ4n) is 8.13. The van der Waals surface area contributed by atoms with E-state index in [2.05, 4.69) is 152 Å². The molecule has 0 saturated carbocycles. The summed E-state index contributed by atoms with van der Waals surface area (Å²) in [6.07, 6.45) is 17.2. The topological polar surface area (TPSA) is 3.24 Å². The van der Waals surface area contributed by atoms with Gasteiger partial charge in [-0.3, -0.25) is 0 Å². The Morgan fingerprint density at radius 3 is 1.77 bits per heavy atom. The van der Waals surface area contributed by atoms with E-state index in [1.54, 1.807) is 23.3 Å². The number of benzene rings is 4. The predicted octanol–water partition coefficient (Wildman–Crippen LogP) is 15.7. The maximum atomic E-state index is 3.36. The Bertz CT molecular complexity index is 1810. The van der Waals surface area contributed by atoms with Gasteiger partial charge in [-0.1, -0.05) is 187 Å². The largest absolute Gasteiger partial charge is 0.345 e. The molecule has 284 valence electrons. The van der Waals surface area contributed by atoms with E-state index in [1.807, 2.05) is 13.8 Å². The molecular formula is C52H71N. The van der Waals surface area contributed by atoms with E-state index >= 15 is 0 Å². The third-order valence-corrected chi connectivity index (χ3v) is 12.6. The summed E-state index contributed by atoms with van der Waals surface area (Å²) in [6.45, 7) is 27.5. The molecule has 2 aliphatic rings. The monoisotopic (exact) mass is 710 g/mol. The molecule has 0 fully saturated rings. The third kappa shape index (κ3) is 8.94. The third-order valence-electron chi connectivity index (χ3n) is 12.6. The van der Waals surface area contributed by atoms with Gasteiger partial charge in [-0.15, -0.1) is 0 Å². The van der Waals surface area contributed by atoms with Crippen LogP contribution in [0.3, 0.4) is 0 Å². The van der Waals surface area contributed by atoms with Crippen molar-refractivity contribution in [2.24, 2.45) is 5.41 Å². The Labute approximate surface area is 325 Å². The summed E-state index contributed by atoms with van der Waals surface area (Å²) in [5.74, 6) is 0. The smallest absolute Gasteiger partial charge is 0.0414 e. The lowest BCUT2D eigenvalue weighted by atomic mass is 9.64. The number of unbranched alkanes of at least 4 members (excludes halogenated alkanes) is 5. The van der Waals surface area contributed by atoms with Crippen molar-refractivity contribution in [2.45, 2.75) is 144 Å². The van der Waals surface area contributed by atoms with Crippen LogP contribution in [0.1, 0.15) is 148 Å². The summed E-state index contributed by atoms with van der Waals surface area (Å²) in [5.41, 5.74) is 16.1. The maximum absolute atomic E-state index is 3.36. The van der Waals surface area contributed by atoms with Crippen molar-refractivity contribution in [1.82, 2.24) is 0 Å². The van der Waals surface area contributed by atoms with Crippen molar-refractivity contribution in [3.8, 4) is 22.3 Å². The summed E-state index contributed by atoms with van der Waals surface area (Å²) in [6, 6.07) is 31.1. The Balaban J connectivity index is 0.000000980. The average molecular weight is 710 g/mol. The molecule has 0 bridgehead atoms. The van der Waals surface area contributed by atoms with Gasteiger partial charge in [-0.25, -0.2) is 0 Å². The molecule has 53 heavy (non-hydrogen) atoms. The summed E-state index contributed by atoms with van der Waals surface area (Å²) in [7, 11) is 2.25. The van der Waals surface area contributed by atoms with Gasteiger partial charge < -0.3 is 4.90 Å². The Morgan fingerprint density at radius 2 is 1.19 bits per heavy atom. The lowest BCUT2D eigenvalue weighted by Crippen LogP contribution is -2.34. The highest BCUT2D eigenvalue weighted by molar-refractivity contribution is 5.84. The van der Waals surface area contributed by atoms with Crippen LogP contribution in [-0.2, 0) is 23.7 Å². The highest BCUT2D eigenvalue weighted by Crippen LogP contribution is 2.56. The van der Waals surface area contributed by atoms with Gasteiger partial charge in [0.05, 0.1) is 0 Å². The molecule has 0 amide bonds. The van der Waals surface area contributed by atoms with Crippen LogP contribution in [0.25, 0.3) is 22.3 Å². The van der Waals surface area contributed by atoms with Gasteiger partial charge in [0.2, 0.25) is 0 Å². The van der Waals surface area contributed by atoms with Gasteiger partial charge in [-0.2, -0.15) is 0 Å². The van der Waals surface area contributed by atoms with Crippen LogP contribution in [0.2, 0.25) is 0 Å². The fraction of sp³-hybridized carbons (Fsp3) is 0.462. The van der Waals surface area contributed by atoms with Crippen molar-refractivity contribution < 1.29 is 0 Å². The van der Waals surface area contributed by atoms with Crippen molar-refractivity contribution >= 4 is 11.4 Å². The first-order valence-electron chi connectivity index (χ1n) is 20.9. The number of allylic oxidation sites excluding steroid dienone is 2. The first-order chi connectivity index (χ1) is 25.4. The number of anilines is 2. The Hall–Kier alpha value is -3.84. The molecule has 1 atom stereocenters. The molecular weight excluding hydrogens is 639 g/mol. The van der Waals surface area contributed by atoms with E-state index in [9.17, 15) is 0 Å². The molecule has 4 aromatic carbocycles. The molecule has 4 aromatic rings. The molecule has 0 radical (unpaired) electrons. The minimum absolute atomic E-state index is 0.0577. The van der Waals surface area contributed by atoms with Crippen LogP contribution in [0.4, 0.5) is 11.4 Å². The van der Waals surface area contributed by atoms with E-state index in [0.29, 0.717) is 0 Å². The van der Waals surface area contributed by atoms with Crippen LogP contribution in [-0.4, -0.2) is 7.05 Å². The van der Waals surface area contributed by atoms with Gasteiger partial charge in [0.1, 0.15) is 0 Å². The molecule has 0 saturated heterocycles. The lowest BCUT2D eigenvalue weighted by Gasteiger charge is -2.40. The van der Waals surface area contributed by atoms with Crippen molar-refractivity contribution in [1.29, 1.82) is 0 Å². The Kier molecular flexibility index (Phi) is 14.6. The summed E-state index contributed by atoms with van der Waals surface area (Å²) in [5, 5.41) is 0. The zero-order valence-corrected chi connectivity index (χ0v) is 35.3. The van der Waals surface area contributed by atoms with Crippen LogP contribution in [0, 0.1) is 5.41 Å². The van der Waals surface area contributed by atoms with Gasteiger partial charge in [0, 0.05) is 23.8 Å². The minimum Gasteiger partial charge on any atom is -0.345 e. The number of nitrogens with zero attached hydrogens (tertiary/aromatic N) is 1. The molecule has 1 unspecified atom stereocenters. The van der Waals surface area contributed by atoms with Crippen molar-refractivity contribution in [3.05, 3.63) is 132 Å². The van der Waals surface area contributed by atoms with Crippen LogP contribution in [0.15, 0.2) is 104 Å². The zero-order chi connectivity index (χ0) is 38.8. The van der Waals surface area contributed by atoms with Crippen molar-refractivity contribution in [2.75, 3.05) is 11.9 Å². The Morgan fingerprint density at radius 1 is 0.623 bits per heavy atom. The normalized spacial score (nSPS) is 15.4. The molecule has 1 heteroatoms. The maximum Gasteiger partial charge on any atom is 0.0414 e. The van der Waals surface area contributed by atoms with Gasteiger partial charge in [0.15, 0.2) is 0 Å². The summed E-state index contributed by atoms with van der Waals surface area (Å²) < 4.78 is 0. The first-order valence-corrected chi connectivity index (χ1v) is 20.9. The molecule has 1 nitrogen and oxygen atoms in total. The molecule has 6 rings (SSSR count). The molecule has 0 N–H and O–H groups in total.